The lowest BCUT2D eigenvalue weighted by Gasteiger charge is -2.14. The van der Waals surface area contributed by atoms with Gasteiger partial charge in [-0.05, 0) is 39.8 Å². The third kappa shape index (κ3) is 5.06. The van der Waals surface area contributed by atoms with Crippen LogP contribution in [0.5, 0.6) is 0 Å². The lowest BCUT2D eigenvalue weighted by atomic mass is 9.98. The lowest BCUT2D eigenvalue weighted by molar-refractivity contribution is -0.136. The molecule has 0 atom stereocenters. The second-order valence-electron chi connectivity index (χ2n) is 7.76. The first-order valence-electron chi connectivity index (χ1n) is 10.7. The minimum atomic E-state index is -0.849. The molecule has 1 aliphatic rings. The number of rotatable bonds is 8. The van der Waals surface area contributed by atoms with Crippen LogP contribution in [0, 0.1) is 0 Å². The van der Waals surface area contributed by atoms with Crippen LogP contribution >= 0.6 is 0 Å². The standard InChI is InChI=1S/C27H25NO4/c29-26(30)17-20-10-7-9-19(16-20)8-5-6-15-28-27(31)32-18-25-23-13-3-1-11-21(23)22-12-2-4-14-24(22)25/h1-5,7-14,16,25H,6,15,17-18H2,(H,28,31)(H,29,30). The van der Waals surface area contributed by atoms with Crippen molar-refractivity contribution in [2.45, 2.75) is 18.8 Å². The van der Waals surface area contributed by atoms with Crippen LogP contribution in [0.25, 0.3) is 17.2 Å². The summed E-state index contributed by atoms with van der Waals surface area (Å²) in [6.07, 6.45) is 4.09. The van der Waals surface area contributed by atoms with Gasteiger partial charge in [0, 0.05) is 12.5 Å². The maximum absolute atomic E-state index is 12.2. The molecule has 0 saturated carbocycles. The van der Waals surface area contributed by atoms with E-state index in [9.17, 15) is 9.59 Å². The normalized spacial score (nSPS) is 12.4. The van der Waals surface area contributed by atoms with Gasteiger partial charge in [-0.15, -0.1) is 0 Å². The summed E-state index contributed by atoms with van der Waals surface area (Å²) < 4.78 is 5.53. The molecule has 0 fully saturated rings. The zero-order valence-electron chi connectivity index (χ0n) is 17.7. The van der Waals surface area contributed by atoms with Crippen LogP contribution in [-0.4, -0.2) is 30.3 Å². The molecular formula is C27H25NO4. The smallest absolute Gasteiger partial charge is 0.407 e. The Labute approximate surface area is 187 Å². The van der Waals surface area contributed by atoms with Crippen LogP contribution in [0.15, 0.2) is 78.9 Å². The van der Waals surface area contributed by atoms with E-state index in [1.807, 2.05) is 54.6 Å². The molecule has 32 heavy (non-hydrogen) atoms. The van der Waals surface area contributed by atoms with Gasteiger partial charge in [0.05, 0.1) is 6.42 Å². The summed E-state index contributed by atoms with van der Waals surface area (Å²) in [6.45, 7) is 0.758. The van der Waals surface area contributed by atoms with Gasteiger partial charge in [-0.25, -0.2) is 4.79 Å². The van der Waals surface area contributed by atoms with Crippen molar-refractivity contribution in [2.75, 3.05) is 13.2 Å². The molecule has 0 spiro atoms. The largest absolute Gasteiger partial charge is 0.481 e. The Balaban J connectivity index is 1.25. The number of fused-ring (bicyclic) bond motifs is 3. The molecule has 0 saturated heterocycles. The van der Waals surface area contributed by atoms with Crippen LogP contribution in [-0.2, 0) is 16.0 Å². The third-order valence-corrected chi connectivity index (χ3v) is 5.54. The monoisotopic (exact) mass is 427 g/mol. The predicted molar refractivity (Wildman–Crippen MR) is 125 cm³/mol. The third-order valence-electron chi connectivity index (χ3n) is 5.54. The first-order valence-corrected chi connectivity index (χ1v) is 10.7. The molecule has 162 valence electrons. The number of nitrogens with one attached hydrogen (secondary N) is 1. The number of aliphatic carboxylic acids is 1. The Morgan fingerprint density at radius 3 is 2.31 bits per heavy atom. The van der Waals surface area contributed by atoms with E-state index in [4.69, 9.17) is 9.84 Å². The van der Waals surface area contributed by atoms with E-state index in [0.717, 1.165) is 11.1 Å². The molecule has 0 aliphatic heterocycles. The fraction of sp³-hybridized carbons (Fsp3) is 0.185. The van der Waals surface area contributed by atoms with Gasteiger partial charge in [0.2, 0.25) is 0 Å². The average Bonchev–Trinajstić information content (AvgIpc) is 3.11. The van der Waals surface area contributed by atoms with E-state index in [-0.39, 0.29) is 12.3 Å². The average molecular weight is 428 g/mol. The number of ether oxygens (including phenoxy) is 1. The Hall–Kier alpha value is -3.86. The van der Waals surface area contributed by atoms with E-state index in [0.29, 0.717) is 19.6 Å². The fourth-order valence-electron chi connectivity index (χ4n) is 4.11. The van der Waals surface area contributed by atoms with Gasteiger partial charge in [-0.3, -0.25) is 4.79 Å². The van der Waals surface area contributed by atoms with Crippen molar-refractivity contribution in [2.24, 2.45) is 0 Å². The van der Waals surface area contributed by atoms with Gasteiger partial charge >= 0.3 is 12.1 Å². The minimum absolute atomic E-state index is 0.00498. The second-order valence-corrected chi connectivity index (χ2v) is 7.76. The molecule has 4 rings (SSSR count). The number of carboxylic acids is 1. The van der Waals surface area contributed by atoms with Crippen molar-refractivity contribution in [1.29, 1.82) is 0 Å². The van der Waals surface area contributed by atoms with E-state index in [2.05, 4.69) is 29.6 Å². The molecule has 5 heteroatoms. The Morgan fingerprint density at radius 2 is 1.62 bits per heavy atom. The van der Waals surface area contributed by atoms with Crippen molar-refractivity contribution in [1.82, 2.24) is 5.32 Å². The highest BCUT2D eigenvalue weighted by Gasteiger charge is 2.28. The minimum Gasteiger partial charge on any atom is -0.481 e. The molecule has 1 amide bonds. The summed E-state index contributed by atoms with van der Waals surface area (Å²) in [4.78, 5) is 23.0. The zero-order valence-corrected chi connectivity index (χ0v) is 17.7. The number of hydrogen-bond donors (Lipinski definition) is 2. The van der Waals surface area contributed by atoms with Gasteiger partial charge in [-0.2, -0.15) is 0 Å². The van der Waals surface area contributed by atoms with Crippen LogP contribution in [0.3, 0.4) is 0 Å². The molecule has 5 nitrogen and oxygen atoms in total. The van der Waals surface area contributed by atoms with Gasteiger partial charge in [0.1, 0.15) is 6.61 Å². The van der Waals surface area contributed by atoms with Gasteiger partial charge in [-0.1, -0.05) is 84.9 Å². The summed E-state index contributed by atoms with van der Waals surface area (Å²) in [6, 6.07) is 23.9. The molecule has 0 heterocycles. The Bertz CT molecular complexity index is 1110. The van der Waals surface area contributed by atoms with Crippen molar-refractivity contribution in [3.8, 4) is 11.1 Å². The summed E-state index contributed by atoms with van der Waals surface area (Å²) in [5.41, 5.74) is 6.48. The highest BCUT2D eigenvalue weighted by molar-refractivity contribution is 5.79. The second kappa shape index (κ2) is 9.96. The maximum Gasteiger partial charge on any atom is 0.407 e. The van der Waals surface area contributed by atoms with Gasteiger partial charge in [0.15, 0.2) is 0 Å². The summed E-state index contributed by atoms with van der Waals surface area (Å²) in [7, 11) is 0. The van der Waals surface area contributed by atoms with Gasteiger partial charge < -0.3 is 15.2 Å². The molecule has 0 unspecified atom stereocenters. The van der Waals surface area contributed by atoms with Crippen LogP contribution in [0.2, 0.25) is 0 Å². The number of carboxylic acid groups (broad SMARTS) is 1. The van der Waals surface area contributed by atoms with Crippen molar-refractivity contribution in [3.63, 3.8) is 0 Å². The summed E-state index contributed by atoms with van der Waals surface area (Å²) in [5, 5.41) is 11.7. The number of amides is 1. The van der Waals surface area contributed by atoms with Gasteiger partial charge in [0.25, 0.3) is 0 Å². The first-order chi connectivity index (χ1) is 15.6. The van der Waals surface area contributed by atoms with E-state index in [1.165, 1.54) is 22.3 Å². The molecule has 3 aromatic rings. The quantitative estimate of drug-likeness (QED) is 0.481. The van der Waals surface area contributed by atoms with E-state index in [1.54, 1.807) is 6.07 Å². The predicted octanol–water partition coefficient (Wildman–Crippen LogP) is 5.26. The molecule has 0 bridgehead atoms. The van der Waals surface area contributed by atoms with Crippen LogP contribution in [0.4, 0.5) is 4.79 Å². The van der Waals surface area contributed by atoms with Crippen LogP contribution in [0.1, 0.15) is 34.6 Å². The molecule has 3 aromatic carbocycles. The Kier molecular flexibility index (Phi) is 6.66. The number of hydrogen-bond acceptors (Lipinski definition) is 3. The van der Waals surface area contributed by atoms with Crippen molar-refractivity contribution < 1.29 is 19.4 Å². The molecule has 1 aliphatic carbocycles. The maximum atomic E-state index is 12.2. The highest BCUT2D eigenvalue weighted by Crippen LogP contribution is 2.44. The molecule has 0 aromatic heterocycles. The zero-order chi connectivity index (χ0) is 22.3. The van der Waals surface area contributed by atoms with E-state index < -0.39 is 12.1 Å². The lowest BCUT2D eigenvalue weighted by Crippen LogP contribution is -2.26. The summed E-state index contributed by atoms with van der Waals surface area (Å²) in [5.74, 6) is -0.801. The summed E-state index contributed by atoms with van der Waals surface area (Å²) >= 11 is 0. The van der Waals surface area contributed by atoms with E-state index >= 15 is 0 Å². The first kappa shape index (κ1) is 21.4. The highest BCUT2D eigenvalue weighted by atomic mass is 16.5. The van der Waals surface area contributed by atoms with Crippen molar-refractivity contribution in [3.05, 3.63) is 101 Å². The fourth-order valence-corrected chi connectivity index (χ4v) is 4.11. The molecule has 2 N–H and O–H groups in total. The molecular weight excluding hydrogens is 402 g/mol. The van der Waals surface area contributed by atoms with Crippen LogP contribution < -0.4 is 5.32 Å². The number of carbonyl (C=O) groups excluding carboxylic acids is 1. The topological polar surface area (TPSA) is 75.6 Å². The SMILES string of the molecule is O=C(O)Cc1cccc(C=CCCNC(=O)OCC2c3ccccc3-c3ccccc32)c1. The number of benzene rings is 3. The number of carbonyl (C=O) groups is 2. The number of alkyl carbamates (subject to hydrolysis) is 1. The molecule has 0 radical (unpaired) electrons. The van der Waals surface area contributed by atoms with Crippen molar-refractivity contribution >= 4 is 18.1 Å². The Morgan fingerprint density at radius 1 is 0.938 bits per heavy atom.